The first-order valence-electron chi connectivity index (χ1n) is 18.7. The van der Waals surface area contributed by atoms with E-state index in [2.05, 4.69) is 199 Å². The van der Waals surface area contributed by atoms with Crippen LogP contribution in [0.1, 0.15) is 5.56 Å². The predicted molar refractivity (Wildman–Crippen MR) is 238 cm³/mol. The van der Waals surface area contributed by atoms with Gasteiger partial charge in [-0.1, -0.05) is 169 Å². The van der Waals surface area contributed by atoms with E-state index >= 15 is 0 Å². The van der Waals surface area contributed by atoms with Gasteiger partial charge in [0.05, 0.1) is 16.7 Å². The summed E-state index contributed by atoms with van der Waals surface area (Å²) in [6.45, 7) is 0. The Morgan fingerprint density at radius 1 is 0.491 bits per heavy atom. The highest BCUT2D eigenvalue weighted by Gasteiger charge is 2.41. The maximum Gasteiger partial charge on any atom is 0.179 e. The average molecular weight is 755 g/mol. The van der Waals surface area contributed by atoms with Crippen LogP contribution in [-0.4, -0.2) is 17.6 Å². The topological polar surface area (TPSA) is 17.8 Å². The minimum atomic E-state index is -2.84. The van der Waals surface area contributed by atoms with Gasteiger partial charge in [-0.25, -0.2) is 4.98 Å². The van der Waals surface area contributed by atoms with E-state index in [1.54, 1.807) is 0 Å². The predicted octanol–water partition coefficient (Wildman–Crippen LogP) is 10.7. The number of benzene rings is 8. The Labute approximate surface area is 329 Å². The highest BCUT2D eigenvalue weighted by Crippen LogP contribution is 2.41. The number of para-hydroxylation sites is 2. The summed E-state index contributed by atoms with van der Waals surface area (Å²) < 4.78 is 4.98. The van der Waals surface area contributed by atoms with Gasteiger partial charge in [-0.3, -0.25) is 4.57 Å². The second-order valence-electron chi connectivity index (χ2n) is 14.3. The molecule has 0 amide bonds. The molecule has 8 aromatic carbocycles. The fourth-order valence-corrected chi connectivity index (χ4v) is 15.8. The van der Waals surface area contributed by atoms with Crippen molar-refractivity contribution in [1.82, 2.24) is 9.55 Å². The van der Waals surface area contributed by atoms with Crippen LogP contribution < -0.4 is 20.7 Å². The molecular weight excluding hydrogens is 721 g/mol. The van der Waals surface area contributed by atoms with Gasteiger partial charge in [-0.15, -0.1) is 11.3 Å². The molecule has 0 bridgehead atoms. The lowest BCUT2D eigenvalue weighted by Gasteiger charge is -2.35. The maximum absolute atomic E-state index is 4.94. The van der Waals surface area contributed by atoms with Gasteiger partial charge in [0.2, 0.25) is 0 Å². The first-order chi connectivity index (χ1) is 27.3. The van der Waals surface area contributed by atoms with Crippen molar-refractivity contribution in [2.75, 3.05) is 0 Å². The fourth-order valence-electron chi connectivity index (χ4n) is 8.82. The van der Waals surface area contributed by atoms with E-state index in [1.807, 2.05) is 23.1 Å². The van der Waals surface area contributed by atoms with Crippen molar-refractivity contribution >= 4 is 83.1 Å². The Bertz CT molecular complexity index is 3020. The van der Waals surface area contributed by atoms with Crippen LogP contribution in [0.3, 0.4) is 0 Å². The van der Waals surface area contributed by atoms with Crippen LogP contribution in [0.15, 0.2) is 199 Å². The van der Waals surface area contributed by atoms with Gasteiger partial charge < -0.3 is 0 Å². The Balaban J connectivity index is 1.11. The van der Waals surface area contributed by atoms with Gasteiger partial charge in [0.1, 0.15) is 0 Å². The van der Waals surface area contributed by atoms with Gasteiger partial charge in [0.25, 0.3) is 0 Å². The van der Waals surface area contributed by atoms with E-state index in [4.69, 9.17) is 4.98 Å². The van der Waals surface area contributed by atoms with Crippen molar-refractivity contribution in [3.8, 4) is 27.9 Å². The summed E-state index contributed by atoms with van der Waals surface area (Å²) >= 11 is 3.70. The monoisotopic (exact) mass is 754 g/mol. The van der Waals surface area contributed by atoms with Crippen LogP contribution in [0.2, 0.25) is 0 Å². The first kappa shape index (κ1) is 32.4. The molecule has 1 aliphatic heterocycles. The number of imidazole rings is 1. The summed E-state index contributed by atoms with van der Waals surface area (Å²) in [6.07, 6.45) is 0. The highest BCUT2D eigenvalue weighted by atomic mass is 32.2. The molecule has 1 aliphatic rings. The van der Waals surface area contributed by atoms with Crippen molar-refractivity contribution < 1.29 is 0 Å². The molecule has 2 nitrogen and oxygen atoms in total. The number of hydrogen-bond acceptors (Lipinski definition) is 3. The largest absolute Gasteiger partial charge is 0.287 e. The molecule has 0 saturated carbocycles. The molecule has 11 rings (SSSR count). The summed E-state index contributed by atoms with van der Waals surface area (Å²) in [5, 5.41) is 9.22. The van der Waals surface area contributed by atoms with Gasteiger partial charge in [-0.05, 0) is 85.0 Å². The maximum atomic E-state index is 4.94. The lowest BCUT2D eigenvalue weighted by Crippen LogP contribution is -2.74. The molecule has 0 aliphatic carbocycles. The van der Waals surface area contributed by atoms with E-state index in [9.17, 15) is 0 Å². The molecule has 0 N–H and O–H groups in total. The summed E-state index contributed by atoms with van der Waals surface area (Å²) in [6, 6.07) is 72.5. The smallest absolute Gasteiger partial charge is 0.179 e. The second kappa shape index (κ2) is 13.1. The van der Waals surface area contributed by atoms with Crippen LogP contribution in [0.25, 0.3) is 59.1 Å². The number of hydrogen-bond donors (Lipinski definition) is 0. The van der Waals surface area contributed by atoms with Crippen LogP contribution in [0, 0.1) is 0 Å². The molecule has 2 aromatic heterocycles. The zero-order valence-electron chi connectivity index (χ0n) is 29.9. The number of fused-ring (bicyclic) bond motifs is 8. The molecule has 10 aromatic rings. The third-order valence-electron chi connectivity index (χ3n) is 11.3. The quantitative estimate of drug-likeness (QED) is 0.124. The van der Waals surface area contributed by atoms with Crippen molar-refractivity contribution in [2.45, 2.75) is 10.9 Å². The highest BCUT2D eigenvalue weighted by molar-refractivity contribution is 7.98. The second-order valence-corrected chi connectivity index (χ2v) is 20.1. The van der Waals surface area contributed by atoms with Crippen LogP contribution >= 0.6 is 23.1 Å². The molecule has 3 heterocycles. The van der Waals surface area contributed by atoms with Crippen LogP contribution in [-0.2, 0) is 5.75 Å². The molecule has 0 atom stereocenters. The Morgan fingerprint density at radius 2 is 1.11 bits per heavy atom. The Hall–Kier alpha value is -5.98. The Kier molecular flexibility index (Phi) is 7.73. The molecule has 260 valence electrons. The molecule has 55 heavy (non-hydrogen) atoms. The molecule has 0 saturated heterocycles. The van der Waals surface area contributed by atoms with Gasteiger partial charge in [0, 0.05) is 25.9 Å². The van der Waals surface area contributed by atoms with E-state index < -0.39 is 8.07 Å². The lowest BCUT2D eigenvalue weighted by atomic mass is 10.00. The lowest BCUT2D eigenvalue weighted by molar-refractivity contribution is 0.895. The fraction of sp³-hybridized carbons (Fsp3) is 0.0200. The number of thioether (sulfide) groups is 1. The van der Waals surface area contributed by atoms with Gasteiger partial charge >= 0.3 is 0 Å². The average Bonchev–Trinajstić information content (AvgIpc) is 3.84. The summed E-state index contributed by atoms with van der Waals surface area (Å²) in [4.78, 5) is 4.94. The van der Waals surface area contributed by atoms with Crippen molar-refractivity contribution in [3.05, 3.63) is 200 Å². The summed E-state index contributed by atoms with van der Waals surface area (Å²) in [5.41, 5.74) is 9.78. The van der Waals surface area contributed by atoms with E-state index in [0.29, 0.717) is 0 Å². The molecule has 5 heteroatoms. The normalized spacial score (nSPS) is 12.6. The molecular formula is C50H34N2S2Si. The molecule has 0 fully saturated rings. The summed E-state index contributed by atoms with van der Waals surface area (Å²) in [7, 11) is -2.84. The number of thiophene rings is 1. The van der Waals surface area contributed by atoms with Gasteiger partial charge in [-0.2, -0.15) is 0 Å². The number of rotatable bonds is 6. The molecule has 0 unspecified atom stereocenters. The van der Waals surface area contributed by atoms with E-state index in [0.717, 1.165) is 21.9 Å². The van der Waals surface area contributed by atoms with Crippen molar-refractivity contribution in [2.24, 2.45) is 0 Å². The standard InChI is InChI=1S/C50H34N2S2Si/c1-3-16-38(17-4-1)55(39-18-5-2-6-19-39,41-21-12-15-36(32-41)42-23-13-27-48-49(42)43-22-7-10-26-47(43)54-48)40-20-11-14-34(31-40)35-28-29-45-37(30-35)33-53-50-51-44-24-8-9-25-46(44)52(45)50/h1-32H,33H2. The van der Waals surface area contributed by atoms with E-state index in [1.165, 1.54) is 74.4 Å². The van der Waals surface area contributed by atoms with E-state index in [-0.39, 0.29) is 0 Å². The van der Waals surface area contributed by atoms with Gasteiger partial charge in [0.15, 0.2) is 13.2 Å². The Morgan fingerprint density at radius 3 is 1.91 bits per heavy atom. The van der Waals surface area contributed by atoms with Crippen LogP contribution in [0.5, 0.6) is 0 Å². The first-order valence-corrected chi connectivity index (χ1v) is 22.5. The number of aromatic nitrogens is 2. The SMILES string of the molecule is c1ccc([Si](c2ccccc2)(c2cccc(-c3ccc4c(c3)CSc3nc5ccccc5n3-4)c2)c2cccc(-c3cccc4sc5ccccc5c34)c2)cc1. The molecule has 0 radical (unpaired) electrons. The van der Waals surface area contributed by atoms with Crippen molar-refractivity contribution in [3.63, 3.8) is 0 Å². The molecule has 0 spiro atoms. The van der Waals surface area contributed by atoms with Crippen molar-refractivity contribution in [1.29, 1.82) is 0 Å². The minimum Gasteiger partial charge on any atom is -0.287 e. The third-order valence-corrected chi connectivity index (χ3v) is 18.1. The third kappa shape index (κ3) is 5.19. The summed E-state index contributed by atoms with van der Waals surface area (Å²) in [5.74, 6) is 0.901. The minimum absolute atomic E-state index is 0.901. The zero-order chi connectivity index (χ0) is 36.3. The zero-order valence-corrected chi connectivity index (χ0v) is 32.5. The number of nitrogens with zero attached hydrogens (tertiary/aromatic N) is 2. The van der Waals surface area contributed by atoms with Crippen LogP contribution in [0.4, 0.5) is 0 Å².